The van der Waals surface area contributed by atoms with Crippen molar-refractivity contribution in [1.29, 1.82) is 0 Å². The topological polar surface area (TPSA) is 82.1 Å². The van der Waals surface area contributed by atoms with Crippen LogP contribution in [-0.4, -0.2) is 47.9 Å². The largest absolute Gasteiger partial charge is 0.488 e. The van der Waals surface area contributed by atoms with E-state index in [4.69, 9.17) is 15.2 Å². The van der Waals surface area contributed by atoms with E-state index < -0.39 is 11.7 Å². The van der Waals surface area contributed by atoms with Crippen molar-refractivity contribution >= 4 is 17.2 Å². The second-order valence-corrected chi connectivity index (χ2v) is 7.75. The minimum Gasteiger partial charge on any atom is -0.488 e. The van der Waals surface area contributed by atoms with Crippen LogP contribution in [0, 0.1) is 5.82 Å². The molecule has 4 heterocycles. The quantitative estimate of drug-likeness (QED) is 0.699. The molecule has 0 saturated carbocycles. The molecular formula is C22H23FN4O3. The summed E-state index contributed by atoms with van der Waals surface area (Å²) in [5.74, 6) is 0.0597. The van der Waals surface area contributed by atoms with Crippen LogP contribution in [0.15, 0.2) is 36.5 Å². The molecule has 30 heavy (non-hydrogen) atoms. The summed E-state index contributed by atoms with van der Waals surface area (Å²) in [6, 6.07) is 8.24. The summed E-state index contributed by atoms with van der Waals surface area (Å²) >= 11 is 0. The number of amides is 1. The van der Waals surface area contributed by atoms with Crippen LogP contribution in [0.3, 0.4) is 0 Å². The summed E-state index contributed by atoms with van der Waals surface area (Å²) in [4.78, 5) is 14.5. The van der Waals surface area contributed by atoms with Gasteiger partial charge in [-0.2, -0.15) is 0 Å². The van der Waals surface area contributed by atoms with E-state index in [0.29, 0.717) is 47.0 Å². The molecule has 0 bridgehead atoms. The van der Waals surface area contributed by atoms with Gasteiger partial charge in [-0.05, 0) is 36.6 Å². The Labute approximate surface area is 173 Å². The van der Waals surface area contributed by atoms with Crippen molar-refractivity contribution in [2.45, 2.75) is 25.4 Å². The number of benzene rings is 1. The van der Waals surface area contributed by atoms with E-state index in [9.17, 15) is 9.18 Å². The number of carbonyl (C=O) groups excluding carboxylic acids is 1. The lowest BCUT2D eigenvalue weighted by molar-refractivity contribution is 0.100. The zero-order valence-corrected chi connectivity index (χ0v) is 16.5. The first-order valence-corrected chi connectivity index (χ1v) is 10.2. The van der Waals surface area contributed by atoms with E-state index in [1.165, 1.54) is 12.1 Å². The lowest BCUT2D eigenvalue weighted by atomic mass is 10.0. The van der Waals surface area contributed by atoms with Gasteiger partial charge in [0, 0.05) is 37.3 Å². The SMILES string of the molecule is NC(=O)c1c(N2CCCC2)nn2cccc(-c3cc(F)cc(OC4CCOC4)c3)c12. The number of anilines is 1. The number of aromatic nitrogens is 2. The number of carbonyl (C=O) groups is 1. The van der Waals surface area contributed by atoms with Crippen LogP contribution in [0.2, 0.25) is 0 Å². The maximum absolute atomic E-state index is 14.5. The smallest absolute Gasteiger partial charge is 0.254 e. The van der Waals surface area contributed by atoms with Gasteiger partial charge < -0.3 is 20.1 Å². The molecule has 2 saturated heterocycles. The molecule has 2 fully saturated rings. The lowest BCUT2D eigenvalue weighted by Crippen LogP contribution is -2.22. The predicted molar refractivity (Wildman–Crippen MR) is 110 cm³/mol. The summed E-state index contributed by atoms with van der Waals surface area (Å²) < 4.78 is 27.4. The standard InChI is InChI=1S/C22H23FN4O3/c23-15-10-14(11-17(12-15)30-16-5-9-29-13-16)18-4-3-8-27-20(18)19(21(24)28)22(25-27)26-6-1-2-7-26/h3-4,8,10-12,16H,1-2,5-7,9,13H2,(H2,24,28). The van der Waals surface area contributed by atoms with Gasteiger partial charge in [0.15, 0.2) is 5.82 Å². The molecule has 1 atom stereocenters. The third-order valence-electron chi connectivity index (χ3n) is 5.66. The Morgan fingerprint density at radius 2 is 2.10 bits per heavy atom. The first-order valence-electron chi connectivity index (χ1n) is 10.2. The van der Waals surface area contributed by atoms with Crippen LogP contribution in [0.25, 0.3) is 16.6 Å². The zero-order valence-electron chi connectivity index (χ0n) is 16.5. The normalized spacial score (nSPS) is 19.0. The van der Waals surface area contributed by atoms with Gasteiger partial charge in [-0.25, -0.2) is 8.91 Å². The molecule has 2 N–H and O–H groups in total. The molecule has 8 heteroatoms. The average Bonchev–Trinajstić information content (AvgIpc) is 3.46. The number of ether oxygens (including phenoxy) is 2. The van der Waals surface area contributed by atoms with Gasteiger partial charge in [-0.3, -0.25) is 4.79 Å². The maximum atomic E-state index is 14.5. The van der Waals surface area contributed by atoms with Crippen LogP contribution < -0.4 is 15.4 Å². The van der Waals surface area contributed by atoms with E-state index in [1.54, 1.807) is 16.8 Å². The van der Waals surface area contributed by atoms with E-state index in [-0.39, 0.29) is 6.10 Å². The van der Waals surface area contributed by atoms with Crippen LogP contribution in [-0.2, 0) is 4.74 Å². The third kappa shape index (κ3) is 3.37. The van der Waals surface area contributed by atoms with Crippen LogP contribution >= 0.6 is 0 Å². The minimum absolute atomic E-state index is 0.0895. The molecule has 0 aliphatic carbocycles. The summed E-state index contributed by atoms with van der Waals surface area (Å²) in [6.45, 7) is 2.81. The highest BCUT2D eigenvalue weighted by atomic mass is 19.1. The number of pyridine rings is 1. The molecule has 0 spiro atoms. The maximum Gasteiger partial charge on any atom is 0.254 e. The van der Waals surface area contributed by atoms with Crippen molar-refractivity contribution in [1.82, 2.24) is 9.61 Å². The number of hydrogen-bond donors (Lipinski definition) is 1. The Morgan fingerprint density at radius 3 is 2.83 bits per heavy atom. The first kappa shape index (κ1) is 18.9. The highest BCUT2D eigenvalue weighted by Crippen LogP contribution is 2.35. The van der Waals surface area contributed by atoms with Crippen LogP contribution in [0.4, 0.5) is 10.2 Å². The summed E-state index contributed by atoms with van der Waals surface area (Å²) in [5.41, 5.74) is 8.00. The molecular weight excluding hydrogens is 387 g/mol. The van der Waals surface area contributed by atoms with Crippen LogP contribution in [0.5, 0.6) is 5.75 Å². The Balaban J connectivity index is 1.64. The molecule has 1 unspecified atom stereocenters. The van der Waals surface area contributed by atoms with Crippen molar-refractivity contribution in [3.05, 3.63) is 47.9 Å². The van der Waals surface area contributed by atoms with Gasteiger partial charge in [-0.15, -0.1) is 5.10 Å². The van der Waals surface area contributed by atoms with Crippen molar-refractivity contribution in [3.63, 3.8) is 0 Å². The summed E-state index contributed by atoms with van der Waals surface area (Å²) in [7, 11) is 0. The number of rotatable bonds is 5. The van der Waals surface area contributed by atoms with Crippen molar-refractivity contribution in [3.8, 4) is 16.9 Å². The molecule has 2 aliphatic rings. The van der Waals surface area contributed by atoms with Crippen LogP contribution in [0.1, 0.15) is 29.6 Å². The van der Waals surface area contributed by atoms with Gasteiger partial charge in [0.25, 0.3) is 5.91 Å². The Hall–Kier alpha value is -3.13. The molecule has 2 aliphatic heterocycles. The molecule has 7 nitrogen and oxygen atoms in total. The fraction of sp³-hybridized carbons (Fsp3) is 0.364. The summed E-state index contributed by atoms with van der Waals surface area (Å²) in [6.07, 6.45) is 4.56. The third-order valence-corrected chi connectivity index (χ3v) is 5.66. The number of fused-ring (bicyclic) bond motifs is 1. The van der Waals surface area contributed by atoms with E-state index in [1.807, 2.05) is 12.1 Å². The number of halogens is 1. The van der Waals surface area contributed by atoms with Crippen molar-refractivity contribution in [2.24, 2.45) is 5.73 Å². The fourth-order valence-electron chi connectivity index (χ4n) is 4.28. The highest BCUT2D eigenvalue weighted by molar-refractivity contribution is 6.08. The number of hydrogen-bond acceptors (Lipinski definition) is 5. The number of nitrogens with zero attached hydrogens (tertiary/aromatic N) is 3. The average molecular weight is 410 g/mol. The number of nitrogens with two attached hydrogens (primary N) is 1. The van der Waals surface area contributed by atoms with E-state index in [0.717, 1.165) is 32.4 Å². The number of primary amides is 1. The van der Waals surface area contributed by atoms with Gasteiger partial charge in [-0.1, -0.05) is 6.07 Å². The predicted octanol–water partition coefficient (Wildman–Crippen LogP) is 3.01. The molecule has 1 aromatic carbocycles. The fourth-order valence-corrected chi connectivity index (χ4v) is 4.28. The second kappa shape index (κ2) is 7.60. The van der Waals surface area contributed by atoms with Crippen molar-refractivity contribution < 1.29 is 18.7 Å². The monoisotopic (exact) mass is 410 g/mol. The van der Waals surface area contributed by atoms with Gasteiger partial charge in [0.1, 0.15) is 23.2 Å². The second-order valence-electron chi connectivity index (χ2n) is 7.75. The Bertz CT molecular complexity index is 1100. The molecule has 0 radical (unpaired) electrons. The minimum atomic E-state index is -0.546. The first-order chi connectivity index (χ1) is 14.6. The Kier molecular flexibility index (Phi) is 4.78. The molecule has 2 aromatic heterocycles. The highest BCUT2D eigenvalue weighted by Gasteiger charge is 2.26. The lowest BCUT2D eigenvalue weighted by Gasteiger charge is -2.15. The van der Waals surface area contributed by atoms with E-state index >= 15 is 0 Å². The molecule has 1 amide bonds. The van der Waals surface area contributed by atoms with E-state index in [2.05, 4.69) is 10.00 Å². The summed E-state index contributed by atoms with van der Waals surface area (Å²) in [5, 5.41) is 4.63. The van der Waals surface area contributed by atoms with Crippen molar-refractivity contribution in [2.75, 3.05) is 31.2 Å². The molecule has 3 aromatic rings. The zero-order chi connectivity index (χ0) is 20.7. The van der Waals surface area contributed by atoms with Gasteiger partial charge in [0.05, 0.1) is 18.7 Å². The van der Waals surface area contributed by atoms with Gasteiger partial charge in [0.2, 0.25) is 0 Å². The van der Waals surface area contributed by atoms with Gasteiger partial charge >= 0.3 is 0 Å². The Morgan fingerprint density at radius 1 is 1.27 bits per heavy atom. The molecule has 156 valence electrons. The molecule has 5 rings (SSSR count).